The van der Waals surface area contributed by atoms with Crippen LogP contribution in [0.3, 0.4) is 0 Å². The highest BCUT2D eigenvalue weighted by Gasteiger charge is 2.19. The summed E-state index contributed by atoms with van der Waals surface area (Å²) in [7, 11) is 0. The van der Waals surface area contributed by atoms with Gasteiger partial charge in [0, 0.05) is 19.3 Å². The average Bonchev–Trinajstić information content (AvgIpc) is 3.47. The van der Waals surface area contributed by atoms with Crippen molar-refractivity contribution in [2.75, 3.05) is 13.2 Å². The fourth-order valence-corrected chi connectivity index (χ4v) is 9.40. The van der Waals surface area contributed by atoms with Gasteiger partial charge in [0.15, 0.2) is 6.10 Å². The Morgan fingerprint density at radius 3 is 0.790 bits per heavy atom. The van der Waals surface area contributed by atoms with E-state index in [4.69, 9.17) is 14.2 Å². The molecular formula is C75H126O6. The van der Waals surface area contributed by atoms with Crippen molar-refractivity contribution in [3.8, 4) is 0 Å². The first kappa shape index (κ1) is 76.8. The highest BCUT2D eigenvalue weighted by atomic mass is 16.6. The third kappa shape index (κ3) is 66.5. The highest BCUT2D eigenvalue weighted by Crippen LogP contribution is 2.16. The number of hydrogen-bond acceptors (Lipinski definition) is 6. The molecule has 0 aliphatic rings. The van der Waals surface area contributed by atoms with Gasteiger partial charge in [-0.15, -0.1) is 0 Å². The lowest BCUT2D eigenvalue weighted by Crippen LogP contribution is -2.30. The maximum atomic E-state index is 12.9. The predicted octanol–water partition coefficient (Wildman–Crippen LogP) is 23.6. The van der Waals surface area contributed by atoms with Crippen molar-refractivity contribution in [2.24, 2.45) is 0 Å². The quantitative estimate of drug-likeness (QED) is 0.0261. The lowest BCUT2D eigenvalue weighted by atomic mass is 10.0. The van der Waals surface area contributed by atoms with Gasteiger partial charge < -0.3 is 14.2 Å². The molecule has 0 amide bonds. The monoisotopic (exact) mass is 1120 g/mol. The number of hydrogen-bond donors (Lipinski definition) is 0. The number of rotatable bonds is 61. The first-order chi connectivity index (χ1) is 40.0. The summed E-state index contributed by atoms with van der Waals surface area (Å²) < 4.78 is 16.9. The van der Waals surface area contributed by atoms with Crippen molar-refractivity contribution in [1.82, 2.24) is 0 Å². The molecule has 1 unspecified atom stereocenters. The molecule has 6 heteroatoms. The van der Waals surface area contributed by atoms with E-state index in [0.29, 0.717) is 19.3 Å². The Morgan fingerprint density at radius 2 is 0.481 bits per heavy atom. The fraction of sp³-hybridized carbons (Fsp3) is 0.693. The van der Waals surface area contributed by atoms with Gasteiger partial charge >= 0.3 is 17.9 Å². The molecule has 0 saturated heterocycles. The molecular weight excluding hydrogens is 997 g/mol. The molecule has 6 nitrogen and oxygen atoms in total. The summed E-state index contributed by atoms with van der Waals surface area (Å²) in [6.45, 7) is 6.39. The number of ether oxygens (including phenoxy) is 3. The van der Waals surface area contributed by atoms with Gasteiger partial charge in [0.1, 0.15) is 13.2 Å². The van der Waals surface area contributed by atoms with Crippen LogP contribution in [0.5, 0.6) is 0 Å². The summed E-state index contributed by atoms with van der Waals surface area (Å²) in [5.41, 5.74) is 0. The van der Waals surface area contributed by atoms with Crippen LogP contribution < -0.4 is 0 Å². The molecule has 0 aromatic rings. The SMILES string of the molecule is CC/C=C\C/C=C\C/C=C\C/C=C\C/C=C\CCCCCCCC(=O)OC(COC(=O)CCCC/C=C\C/C=C\C/C=C\C/C=C\CC)COC(=O)CCCCCCCCCCCCCCCCC/C=C\CCCCCCCCCC. The Bertz CT molecular complexity index is 1670. The Balaban J connectivity index is 4.37. The molecule has 462 valence electrons. The van der Waals surface area contributed by atoms with Gasteiger partial charge in [-0.3, -0.25) is 14.4 Å². The molecule has 0 aliphatic heterocycles. The Morgan fingerprint density at radius 1 is 0.259 bits per heavy atom. The van der Waals surface area contributed by atoms with Crippen LogP contribution in [-0.4, -0.2) is 37.2 Å². The van der Waals surface area contributed by atoms with E-state index < -0.39 is 6.10 Å². The van der Waals surface area contributed by atoms with Crippen LogP contribution in [0.1, 0.15) is 316 Å². The minimum atomic E-state index is -0.810. The van der Waals surface area contributed by atoms with Crippen LogP contribution >= 0.6 is 0 Å². The largest absolute Gasteiger partial charge is 0.462 e. The van der Waals surface area contributed by atoms with Crippen molar-refractivity contribution < 1.29 is 28.6 Å². The zero-order valence-corrected chi connectivity index (χ0v) is 53.0. The van der Waals surface area contributed by atoms with Gasteiger partial charge in [0.25, 0.3) is 0 Å². The lowest BCUT2D eigenvalue weighted by molar-refractivity contribution is -0.167. The number of allylic oxidation sites excluding steroid dienone is 20. The van der Waals surface area contributed by atoms with E-state index in [1.165, 1.54) is 141 Å². The molecule has 0 heterocycles. The van der Waals surface area contributed by atoms with Gasteiger partial charge in [-0.05, 0) is 128 Å². The van der Waals surface area contributed by atoms with Crippen LogP contribution in [0.15, 0.2) is 122 Å². The molecule has 0 aliphatic carbocycles. The van der Waals surface area contributed by atoms with E-state index in [1.54, 1.807) is 0 Å². The number of unbranched alkanes of at least 4 members (excludes halogenated alkanes) is 30. The average molecular weight is 1120 g/mol. The van der Waals surface area contributed by atoms with Gasteiger partial charge in [0.05, 0.1) is 0 Å². The zero-order chi connectivity index (χ0) is 58.5. The van der Waals surface area contributed by atoms with Gasteiger partial charge in [0.2, 0.25) is 0 Å². The van der Waals surface area contributed by atoms with E-state index >= 15 is 0 Å². The number of carbonyl (C=O) groups is 3. The normalized spacial score (nSPS) is 12.9. The number of carbonyl (C=O) groups excluding carboxylic acids is 3. The van der Waals surface area contributed by atoms with Crippen molar-refractivity contribution >= 4 is 17.9 Å². The molecule has 1 atom stereocenters. The van der Waals surface area contributed by atoms with Crippen LogP contribution in [0, 0.1) is 0 Å². The third-order valence-electron chi connectivity index (χ3n) is 14.4. The van der Waals surface area contributed by atoms with Gasteiger partial charge in [-0.1, -0.05) is 290 Å². The maximum Gasteiger partial charge on any atom is 0.306 e. The molecule has 0 saturated carbocycles. The molecule has 0 radical (unpaired) electrons. The van der Waals surface area contributed by atoms with Crippen LogP contribution in [0.2, 0.25) is 0 Å². The van der Waals surface area contributed by atoms with E-state index in [2.05, 4.69) is 142 Å². The smallest absolute Gasteiger partial charge is 0.306 e. The van der Waals surface area contributed by atoms with Crippen LogP contribution in [0.4, 0.5) is 0 Å². The van der Waals surface area contributed by atoms with Crippen molar-refractivity contribution in [2.45, 2.75) is 322 Å². The molecule has 0 fully saturated rings. The topological polar surface area (TPSA) is 78.9 Å². The first-order valence-corrected chi connectivity index (χ1v) is 34.0. The van der Waals surface area contributed by atoms with E-state index in [-0.39, 0.29) is 31.1 Å². The standard InChI is InChI=1S/C75H126O6/c1-4-7-10-13-16-19-22-25-28-30-32-34-35-36-37-38-39-41-42-44-47-50-53-56-59-62-65-68-74(77)80-71-72(70-79-73(76)67-64-61-58-55-52-49-46-27-24-21-18-15-12-9-6-3)81-75(78)69-66-63-60-57-54-51-48-45-43-40-33-31-29-26-23-20-17-14-11-8-5-2/h8-9,11-12,17-18,20-21,26-27,29-30,32-33,40,45-46,48,52,55,72H,4-7,10,13-16,19,22-25,28,31,34-39,41-44,47,49-51,53-54,56-71H2,1-3H3/b11-8-,12-9-,20-17-,21-18-,29-26-,32-30-,40-33-,46-27-,48-45-,55-52-. The van der Waals surface area contributed by atoms with Crippen molar-refractivity contribution in [3.63, 3.8) is 0 Å². The fourth-order valence-electron chi connectivity index (χ4n) is 9.40. The minimum absolute atomic E-state index is 0.100. The Kier molecular flexibility index (Phi) is 64.8. The van der Waals surface area contributed by atoms with Crippen molar-refractivity contribution in [3.05, 3.63) is 122 Å². The second-order valence-electron chi connectivity index (χ2n) is 22.3. The summed E-state index contributed by atoms with van der Waals surface area (Å²) >= 11 is 0. The van der Waals surface area contributed by atoms with Gasteiger partial charge in [-0.25, -0.2) is 0 Å². The molecule has 0 bridgehead atoms. The van der Waals surface area contributed by atoms with Crippen LogP contribution in [0.25, 0.3) is 0 Å². The molecule has 0 spiro atoms. The molecule has 81 heavy (non-hydrogen) atoms. The maximum absolute atomic E-state index is 12.9. The third-order valence-corrected chi connectivity index (χ3v) is 14.4. The number of esters is 3. The molecule has 0 aromatic carbocycles. The highest BCUT2D eigenvalue weighted by molar-refractivity contribution is 5.71. The predicted molar refractivity (Wildman–Crippen MR) is 353 cm³/mol. The van der Waals surface area contributed by atoms with E-state index in [1.807, 2.05) is 0 Å². The first-order valence-electron chi connectivity index (χ1n) is 34.0. The van der Waals surface area contributed by atoms with Crippen molar-refractivity contribution in [1.29, 1.82) is 0 Å². The van der Waals surface area contributed by atoms with Crippen LogP contribution in [-0.2, 0) is 28.6 Å². The molecule has 0 N–H and O–H groups in total. The second kappa shape index (κ2) is 68.3. The molecule has 0 aromatic heterocycles. The minimum Gasteiger partial charge on any atom is -0.462 e. The Labute approximate surface area is 501 Å². The molecule has 0 rings (SSSR count). The Hall–Kier alpha value is -4.19. The lowest BCUT2D eigenvalue weighted by Gasteiger charge is -2.18. The summed E-state index contributed by atoms with van der Waals surface area (Å²) in [4.78, 5) is 38.4. The van der Waals surface area contributed by atoms with E-state index in [0.717, 1.165) is 135 Å². The summed E-state index contributed by atoms with van der Waals surface area (Å²) in [6.07, 6.45) is 95.1. The zero-order valence-electron chi connectivity index (χ0n) is 53.0. The second-order valence-corrected chi connectivity index (χ2v) is 22.3. The van der Waals surface area contributed by atoms with Gasteiger partial charge in [-0.2, -0.15) is 0 Å². The van der Waals surface area contributed by atoms with E-state index in [9.17, 15) is 14.4 Å². The summed E-state index contributed by atoms with van der Waals surface area (Å²) in [5, 5.41) is 0. The summed E-state index contributed by atoms with van der Waals surface area (Å²) in [5.74, 6) is -0.955. The summed E-state index contributed by atoms with van der Waals surface area (Å²) in [6, 6.07) is 0.